The van der Waals surface area contributed by atoms with E-state index < -0.39 is 0 Å². The van der Waals surface area contributed by atoms with Gasteiger partial charge in [0.25, 0.3) is 0 Å². The molecule has 2 heterocycles. The molecule has 1 saturated carbocycles. The number of hydrogen-bond acceptors (Lipinski definition) is 6. The summed E-state index contributed by atoms with van der Waals surface area (Å²) in [6.45, 7) is 4.30. The highest BCUT2D eigenvalue weighted by molar-refractivity contribution is 5.91. The topological polar surface area (TPSA) is 47.1 Å². The van der Waals surface area contributed by atoms with Crippen molar-refractivity contribution in [3.8, 4) is 17.2 Å². The van der Waals surface area contributed by atoms with E-state index in [0.717, 1.165) is 48.9 Å². The first-order valence-corrected chi connectivity index (χ1v) is 8.84. The molecule has 2 aromatic rings. The Morgan fingerprint density at radius 2 is 1.64 bits per heavy atom. The second kappa shape index (κ2) is 6.59. The van der Waals surface area contributed by atoms with Gasteiger partial charge >= 0.3 is 0 Å². The van der Waals surface area contributed by atoms with Crippen LogP contribution in [-0.4, -0.2) is 63.4 Å². The molecule has 4 rings (SSSR count). The molecule has 1 aliphatic carbocycles. The van der Waals surface area contributed by atoms with Crippen molar-refractivity contribution in [1.29, 1.82) is 0 Å². The van der Waals surface area contributed by atoms with E-state index in [2.05, 4.69) is 21.9 Å². The van der Waals surface area contributed by atoms with Gasteiger partial charge in [0.2, 0.25) is 5.75 Å². The molecule has 0 unspecified atom stereocenters. The van der Waals surface area contributed by atoms with E-state index >= 15 is 0 Å². The molecule has 0 bridgehead atoms. The summed E-state index contributed by atoms with van der Waals surface area (Å²) in [6, 6.07) is 6.89. The molecule has 0 amide bonds. The summed E-state index contributed by atoms with van der Waals surface area (Å²) >= 11 is 0. The van der Waals surface area contributed by atoms with Crippen molar-refractivity contribution in [2.75, 3.05) is 52.4 Å². The van der Waals surface area contributed by atoms with Gasteiger partial charge in [0, 0.05) is 43.7 Å². The van der Waals surface area contributed by atoms with Crippen molar-refractivity contribution in [1.82, 2.24) is 9.88 Å². The monoisotopic (exact) mass is 343 g/mol. The second-order valence-corrected chi connectivity index (χ2v) is 6.64. The number of hydrogen-bond donors (Lipinski definition) is 0. The van der Waals surface area contributed by atoms with Crippen molar-refractivity contribution >= 4 is 16.7 Å². The number of piperazine rings is 1. The van der Waals surface area contributed by atoms with Crippen LogP contribution in [0.5, 0.6) is 17.2 Å². The average Bonchev–Trinajstić information content (AvgIpc) is 3.51. The zero-order chi connectivity index (χ0) is 17.4. The summed E-state index contributed by atoms with van der Waals surface area (Å²) in [6.07, 6.45) is 2.74. The Labute approximate surface area is 148 Å². The number of anilines is 1. The molecule has 1 aromatic heterocycles. The molecular formula is C19H25N3O3. The minimum absolute atomic E-state index is 0.602. The molecular weight excluding hydrogens is 318 g/mol. The van der Waals surface area contributed by atoms with Crippen LogP contribution in [0.2, 0.25) is 0 Å². The summed E-state index contributed by atoms with van der Waals surface area (Å²) in [5, 5.41) is 0.931. The van der Waals surface area contributed by atoms with Crippen molar-refractivity contribution < 1.29 is 14.2 Å². The van der Waals surface area contributed by atoms with E-state index in [0.29, 0.717) is 17.2 Å². The SMILES string of the molecule is COc1cc2nc(N3CCN(C4CC4)CC3)ccc2c(OC)c1OC. The van der Waals surface area contributed by atoms with E-state index in [9.17, 15) is 0 Å². The lowest BCUT2D eigenvalue weighted by Crippen LogP contribution is -2.47. The Bertz CT molecular complexity index is 768. The predicted molar refractivity (Wildman–Crippen MR) is 98.2 cm³/mol. The van der Waals surface area contributed by atoms with E-state index in [-0.39, 0.29) is 0 Å². The Morgan fingerprint density at radius 3 is 2.24 bits per heavy atom. The van der Waals surface area contributed by atoms with Crippen molar-refractivity contribution in [3.05, 3.63) is 18.2 Å². The molecule has 6 nitrogen and oxygen atoms in total. The fourth-order valence-corrected chi connectivity index (χ4v) is 3.67. The second-order valence-electron chi connectivity index (χ2n) is 6.64. The molecule has 0 N–H and O–H groups in total. The number of ether oxygens (including phenoxy) is 3. The van der Waals surface area contributed by atoms with E-state index in [1.54, 1.807) is 21.3 Å². The average molecular weight is 343 g/mol. The third-order valence-corrected chi connectivity index (χ3v) is 5.18. The third kappa shape index (κ3) is 2.95. The standard InChI is InChI=1S/C19H25N3O3/c1-23-16-12-15-14(18(24-2)19(16)25-3)6-7-17(20-15)22-10-8-21(9-11-22)13-4-5-13/h6-7,12-13H,4-5,8-11H2,1-3H3. The highest BCUT2D eigenvalue weighted by Gasteiger charge is 2.31. The molecule has 0 spiro atoms. The Balaban J connectivity index is 1.65. The van der Waals surface area contributed by atoms with Crippen LogP contribution >= 0.6 is 0 Å². The van der Waals surface area contributed by atoms with Gasteiger partial charge in [0.05, 0.1) is 26.8 Å². The minimum atomic E-state index is 0.602. The largest absolute Gasteiger partial charge is 0.493 e. The number of aromatic nitrogens is 1. The lowest BCUT2D eigenvalue weighted by molar-refractivity contribution is 0.247. The van der Waals surface area contributed by atoms with Crippen LogP contribution in [0.3, 0.4) is 0 Å². The van der Waals surface area contributed by atoms with Gasteiger partial charge in [0.15, 0.2) is 11.5 Å². The molecule has 25 heavy (non-hydrogen) atoms. The van der Waals surface area contributed by atoms with Crippen LogP contribution in [0.4, 0.5) is 5.82 Å². The first-order chi connectivity index (χ1) is 12.2. The first kappa shape index (κ1) is 16.3. The molecule has 1 saturated heterocycles. The van der Waals surface area contributed by atoms with Crippen LogP contribution in [0.1, 0.15) is 12.8 Å². The van der Waals surface area contributed by atoms with Crippen molar-refractivity contribution in [2.45, 2.75) is 18.9 Å². The molecule has 1 aliphatic heterocycles. The van der Waals surface area contributed by atoms with Crippen LogP contribution in [0.15, 0.2) is 18.2 Å². The van der Waals surface area contributed by atoms with Gasteiger partial charge < -0.3 is 19.1 Å². The zero-order valence-corrected chi connectivity index (χ0v) is 15.1. The van der Waals surface area contributed by atoms with Gasteiger partial charge in [-0.25, -0.2) is 4.98 Å². The van der Waals surface area contributed by atoms with Crippen molar-refractivity contribution in [2.24, 2.45) is 0 Å². The minimum Gasteiger partial charge on any atom is -0.493 e. The van der Waals surface area contributed by atoms with Gasteiger partial charge in [-0.2, -0.15) is 0 Å². The number of methoxy groups -OCH3 is 3. The van der Waals surface area contributed by atoms with Crippen LogP contribution in [-0.2, 0) is 0 Å². The van der Waals surface area contributed by atoms with Crippen LogP contribution < -0.4 is 19.1 Å². The molecule has 1 aromatic carbocycles. The van der Waals surface area contributed by atoms with Gasteiger partial charge in [-0.1, -0.05) is 0 Å². The van der Waals surface area contributed by atoms with Crippen LogP contribution in [0, 0.1) is 0 Å². The summed E-state index contributed by atoms with van der Waals surface area (Å²) in [5.41, 5.74) is 0.858. The Morgan fingerprint density at radius 1 is 0.920 bits per heavy atom. The lowest BCUT2D eigenvalue weighted by atomic mass is 10.1. The Hall–Kier alpha value is -2.21. The summed E-state index contributed by atoms with van der Waals surface area (Å²) in [4.78, 5) is 9.84. The smallest absolute Gasteiger partial charge is 0.204 e. The number of rotatable bonds is 5. The fraction of sp³-hybridized carbons (Fsp3) is 0.526. The highest BCUT2D eigenvalue weighted by atomic mass is 16.5. The van der Waals surface area contributed by atoms with Gasteiger partial charge in [-0.3, -0.25) is 4.90 Å². The van der Waals surface area contributed by atoms with E-state index in [4.69, 9.17) is 19.2 Å². The van der Waals surface area contributed by atoms with Gasteiger partial charge in [-0.05, 0) is 25.0 Å². The molecule has 6 heteroatoms. The first-order valence-electron chi connectivity index (χ1n) is 8.84. The number of pyridine rings is 1. The highest BCUT2D eigenvalue weighted by Crippen LogP contribution is 2.43. The maximum atomic E-state index is 5.56. The molecule has 2 fully saturated rings. The third-order valence-electron chi connectivity index (χ3n) is 5.18. The number of nitrogens with zero attached hydrogens (tertiary/aromatic N) is 3. The molecule has 2 aliphatic rings. The summed E-state index contributed by atoms with van der Waals surface area (Å²) < 4.78 is 16.5. The predicted octanol–water partition coefficient (Wildman–Crippen LogP) is 2.55. The molecule has 134 valence electrons. The van der Waals surface area contributed by atoms with E-state index in [1.165, 1.54) is 12.8 Å². The Kier molecular flexibility index (Phi) is 4.29. The number of benzene rings is 1. The van der Waals surface area contributed by atoms with E-state index in [1.807, 2.05) is 6.07 Å². The summed E-state index contributed by atoms with van der Waals surface area (Å²) in [5.74, 6) is 2.91. The fourth-order valence-electron chi connectivity index (χ4n) is 3.67. The quantitative estimate of drug-likeness (QED) is 0.831. The summed E-state index contributed by atoms with van der Waals surface area (Å²) in [7, 11) is 4.89. The normalized spacial score (nSPS) is 18.4. The molecule has 0 atom stereocenters. The van der Waals surface area contributed by atoms with Crippen LogP contribution in [0.25, 0.3) is 10.9 Å². The maximum absolute atomic E-state index is 5.56. The zero-order valence-electron chi connectivity index (χ0n) is 15.1. The number of fused-ring (bicyclic) bond motifs is 1. The van der Waals surface area contributed by atoms with Gasteiger partial charge in [0.1, 0.15) is 5.82 Å². The maximum Gasteiger partial charge on any atom is 0.204 e. The molecule has 0 radical (unpaired) electrons. The van der Waals surface area contributed by atoms with Gasteiger partial charge in [-0.15, -0.1) is 0 Å². The lowest BCUT2D eigenvalue weighted by Gasteiger charge is -2.35. The van der Waals surface area contributed by atoms with Crippen molar-refractivity contribution in [3.63, 3.8) is 0 Å².